The number of anilines is 3. The van der Waals surface area contributed by atoms with Gasteiger partial charge in [0.1, 0.15) is 5.75 Å². The first-order valence-electron chi connectivity index (χ1n) is 8.45. The molecule has 0 atom stereocenters. The lowest BCUT2D eigenvalue weighted by molar-refractivity contribution is 0.262. The summed E-state index contributed by atoms with van der Waals surface area (Å²) in [6.45, 7) is 3.89. The number of ether oxygens (including phenoxy) is 1. The van der Waals surface area contributed by atoms with Gasteiger partial charge < -0.3 is 20.3 Å². The Morgan fingerprint density at radius 2 is 1.84 bits per heavy atom. The number of hydrogen-bond acceptors (Lipinski definition) is 5. The molecule has 0 unspecified atom stereocenters. The SMILES string of the molecule is COc1ccc(NC(=O)Nc2cnc(N3CCCCC3)nc2)c(C)c1. The highest BCUT2D eigenvalue weighted by Gasteiger charge is 2.13. The normalized spacial score (nSPS) is 14.1. The number of piperidine rings is 1. The second kappa shape index (κ2) is 7.83. The van der Waals surface area contributed by atoms with Crippen molar-refractivity contribution in [2.24, 2.45) is 0 Å². The van der Waals surface area contributed by atoms with Crippen LogP contribution in [-0.2, 0) is 0 Å². The van der Waals surface area contributed by atoms with Gasteiger partial charge in [-0.2, -0.15) is 0 Å². The number of amides is 2. The van der Waals surface area contributed by atoms with Gasteiger partial charge >= 0.3 is 6.03 Å². The molecule has 1 aliphatic heterocycles. The second-order valence-electron chi connectivity index (χ2n) is 6.08. The predicted octanol–water partition coefficient (Wildman–Crippen LogP) is 3.43. The number of urea groups is 1. The lowest BCUT2D eigenvalue weighted by Crippen LogP contribution is -2.31. The Balaban J connectivity index is 1.59. The number of carbonyl (C=O) groups excluding carboxylic acids is 1. The molecule has 1 aromatic heterocycles. The van der Waals surface area contributed by atoms with E-state index in [1.165, 1.54) is 19.3 Å². The monoisotopic (exact) mass is 341 g/mol. The number of rotatable bonds is 4. The van der Waals surface area contributed by atoms with E-state index in [0.717, 1.165) is 36.0 Å². The first-order valence-corrected chi connectivity index (χ1v) is 8.45. The van der Waals surface area contributed by atoms with E-state index >= 15 is 0 Å². The van der Waals surface area contributed by atoms with Crippen molar-refractivity contribution in [3.63, 3.8) is 0 Å². The largest absolute Gasteiger partial charge is 0.497 e. The van der Waals surface area contributed by atoms with Crippen molar-refractivity contribution in [2.45, 2.75) is 26.2 Å². The number of aromatic nitrogens is 2. The Morgan fingerprint density at radius 3 is 2.48 bits per heavy atom. The number of nitrogens with one attached hydrogen (secondary N) is 2. The van der Waals surface area contributed by atoms with E-state index in [1.807, 2.05) is 19.1 Å². The van der Waals surface area contributed by atoms with Crippen molar-refractivity contribution in [2.75, 3.05) is 35.7 Å². The number of benzene rings is 1. The lowest BCUT2D eigenvalue weighted by Gasteiger charge is -2.26. The molecular weight excluding hydrogens is 318 g/mol. The van der Waals surface area contributed by atoms with Crippen LogP contribution in [0.25, 0.3) is 0 Å². The Labute approximate surface area is 147 Å². The molecule has 2 heterocycles. The minimum absolute atomic E-state index is 0.331. The minimum atomic E-state index is -0.331. The van der Waals surface area contributed by atoms with Gasteiger partial charge in [0.05, 0.1) is 25.2 Å². The van der Waals surface area contributed by atoms with Crippen LogP contribution in [-0.4, -0.2) is 36.2 Å². The molecule has 7 nitrogen and oxygen atoms in total. The summed E-state index contributed by atoms with van der Waals surface area (Å²) in [7, 11) is 1.61. The average molecular weight is 341 g/mol. The molecule has 1 aliphatic rings. The fraction of sp³-hybridized carbons (Fsp3) is 0.389. The van der Waals surface area contributed by atoms with E-state index in [1.54, 1.807) is 25.6 Å². The highest BCUT2D eigenvalue weighted by Crippen LogP contribution is 2.21. The Kier molecular flexibility index (Phi) is 5.33. The molecule has 2 aromatic rings. The highest BCUT2D eigenvalue weighted by atomic mass is 16.5. The zero-order valence-corrected chi connectivity index (χ0v) is 14.6. The molecule has 25 heavy (non-hydrogen) atoms. The number of aryl methyl sites for hydroxylation is 1. The fourth-order valence-electron chi connectivity index (χ4n) is 2.83. The molecule has 2 amide bonds. The van der Waals surface area contributed by atoms with E-state index in [9.17, 15) is 4.79 Å². The first-order chi connectivity index (χ1) is 12.2. The van der Waals surface area contributed by atoms with Crippen LogP contribution in [0.4, 0.5) is 22.1 Å². The molecule has 7 heteroatoms. The topological polar surface area (TPSA) is 79.4 Å². The Morgan fingerprint density at radius 1 is 1.12 bits per heavy atom. The van der Waals surface area contributed by atoms with Gasteiger partial charge in [-0.3, -0.25) is 0 Å². The second-order valence-corrected chi connectivity index (χ2v) is 6.08. The predicted molar refractivity (Wildman–Crippen MR) is 98.5 cm³/mol. The van der Waals surface area contributed by atoms with Crippen LogP contribution in [0.3, 0.4) is 0 Å². The third-order valence-corrected chi connectivity index (χ3v) is 4.22. The number of nitrogens with zero attached hydrogens (tertiary/aromatic N) is 3. The number of carbonyl (C=O) groups is 1. The zero-order chi connectivity index (χ0) is 17.6. The molecule has 0 spiro atoms. The van der Waals surface area contributed by atoms with Gasteiger partial charge in [0.2, 0.25) is 5.95 Å². The summed E-state index contributed by atoms with van der Waals surface area (Å²) in [6.07, 6.45) is 6.88. The minimum Gasteiger partial charge on any atom is -0.497 e. The van der Waals surface area contributed by atoms with E-state index in [-0.39, 0.29) is 6.03 Å². The summed E-state index contributed by atoms with van der Waals surface area (Å²) in [5, 5.41) is 5.57. The van der Waals surface area contributed by atoms with Crippen molar-refractivity contribution < 1.29 is 9.53 Å². The van der Waals surface area contributed by atoms with Crippen LogP contribution in [0.2, 0.25) is 0 Å². The Hall–Kier alpha value is -2.83. The van der Waals surface area contributed by atoms with Crippen molar-refractivity contribution >= 4 is 23.4 Å². The van der Waals surface area contributed by atoms with Crippen LogP contribution in [0.5, 0.6) is 5.75 Å². The molecule has 0 bridgehead atoms. The van der Waals surface area contributed by atoms with Crippen LogP contribution in [0.15, 0.2) is 30.6 Å². The molecule has 1 saturated heterocycles. The van der Waals surface area contributed by atoms with Crippen LogP contribution >= 0.6 is 0 Å². The van der Waals surface area contributed by atoms with Gasteiger partial charge in [-0.25, -0.2) is 14.8 Å². The first kappa shape index (κ1) is 17.0. The molecular formula is C18H23N5O2. The summed E-state index contributed by atoms with van der Waals surface area (Å²) in [4.78, 5) is 23.0. The molecule has 3 rings (SSSR count). The van der Waals surface area contributed by atoms with E-state index in [4.69, 9.17) is 4.74 Å². The fourth-order valence-corrected chi connectivity index (χ4v) is 2.83. The molecule has 0 aliphatic carbocycles. The lowest BCUT2D eigenvalue weighted by atomic mass is 10.1. The maximum atomic E-state index is 12.2. The van der Waals surface area contributed by atoms with Gasteiger partial charge in [0.25, 0.3) is 0 Å². The van der Waals surface area contributed by atoms with E-state index in [2.05, 4.69) is 25.5 Å². The quantitative estimate of drug-likeness (QED) is 0.891. The molecule has 2 N–H and O–H groups in total. The average Bonchev–Trinajstić information content (AvgIpc) is 2.64. The summed E-state index contributed by atoms with van der Waals surface area (Å²) >= 11 is 0. The van der Waals surface area contributed by atoms with Gasteiger partial charge in [-0.05, 0) is 49.9 Å². The van der Waals surface area contributed by atoms with Crippen LogP contribution < -0.4 is 20.3 Å². The maximum absolute atomic E-state index is 12.2. The van der Waals surface area contributed by atoms with Gasteiger partial charge in [-0.1, -0.05) is 0 Å². The highest BCUT2D eigenvalue weighted by molar-refractivity contribution is 6.00. The van der Waals surface area contributed by atoms with E-state index < -0.39 is 0 Å². The van der Waals surface area contributed by atoms with Gasteiger partial charge in [0.15, 0.2) is 0 Å². The number of hydrogen-bond donors (Lipinski definition) is 2. The molecule has 132 valence electrons. The van der Waals surface area contributed by atoms with Crippen molar-refractivity contribution in [1.29, 1.82) is 0 Å². The van der Waals surface area contributed by atoms with Gasteiger partial charge in [-0.15, -0.1) is 0 Å². The molecule has 1 fully saturated rings. The van der Waals surface area contributed by atoms with Gasteiger partial charge in [0, 0.05) is 18.8 Å². The van der Waals surface area contributed by atoms with E-state index in [0.29, 0.717) is 5.69 Å². The number of methoxy groups -OCH3 is 1. The van der Waals surface area contributed by atoms with Crippen LogP contribution in [0, 0.1) is 6.92 Å². The van der Waals surface area contributed by atoms with Crippen molar-refractivity contribution in [3.05, 3.63) is 36.2 Å². The maximum Gasteiger partial charge on any atom is 0.323 e. The summed E-state index contributed by atoms with van der Waals surface area (Å²) in [5.41, 5.74) is 2.21. The summed E-state index contributed by atoms with van der Waals surface area (Å²) < 4.78 is 5.16. The van der Waals surface area contributed by atoms with Crippen molar-refractivity contribution in [1.82, 2.24) is 9.97 Å². The third kappa shape index (κ3) is 4.37. The van der Waals surface area contributed by atoms with Crippen LogP contribution in [0.1, 0.15) is 24.8 Å². The third-order valence-electron chi connectivity index (χ3n) is 4.22. The summed E-state index contributed by atoms with van der Waals surface area (Å²) in [6, 6.07) is 5.15. The molecule has 0 radical (unpaired) electrons. The molecule has 0 saturated carbocycles. The standard InChI is InChI=1S/C18H23N5O2/c1-13-10-15(25-2)6-7-16(13)22-18(24)21-14-11-19-17(20-12-14)23-8-4-3-5-9-23/h6-7,10-12H,3-5,8-9H2,1-2H3,(H2,21,22,24). The molecule has 1 aromatic carbocycles. The summed E-state index contributed by atoms with van der Waals surface area (Å²) in [5.74, 6) is 1.47. The van der Waals surface area contributed by atoms with Crippen molar-refractivity contribution in [3.8, 4) is 5.75 Å². The zero-order valence-electron chi connectivity index (χ0n) is 14.6. The Bertz CT molecular complexity index is 727. The smallest absolute Gasteiger partial charge is 0.323 e.